The maximum atomic E-state index is 11.0. The SMILES string of the molecule is CCCCc1ccc(NCCS(C)(=O)=O)cc1. The molecule has 1 aromatic rings. The molecule has 0 radical (unpaired) electrons. The van der Waals surface area contributed by atoms with Crippen LogP contribution in [0.4, 0.5) is 5.69 Å². The highest BCUT2D eigenvalue weighted by atomic mass is 32.2. The van der Waals surface area contributed by atoms with Gasteiger partial charge in [-0.1, -0.05) is 25.5 Å². The average molecular weight is 255 g/mol. The van der Waals surface area contributed by atoms with Crippen molar-refractivity contribution in [1.82, 2.24) is 0 Å². The predicted octanol–water partition coefficient (Wildman–Crippen LogP) is 2.49. The molecule has 0 aromatic heterocycles. The Balaban J connectivity index is 2.40. The summed E-state index contributed by atoms with van der Waals surface area (Å²) >= 11 is 0. The van der Waals surface area contributed by atoms with Crippen LogP contribution < -0.4 is 5.32 Å². The van der Waals surface area contributed by atoms with Crippen LogP contribution in [-0.2, 0) is 16.3 Å². The molecule has 3 nitrogen and oxygen atoms in total. The van der Waals surface area contributed by atoms with Crippen LogP contribution in [0.5, 0.6) is 0 Å². The summed E-state index contributed by atoms with van der Waals surface area (Å²) in [6.07, 6.45) is 4.78. The number of sulfone groups is 1. The van der Waals surface area contributed by atoms with Gasteiger partial charge in [-0.25, -0.2) is 8.42 Å². The normalized spacial score (nSPS) is 11.4. The second-order valence-corrected chi connectivity index (χ2v) is 6.62. The first-order valence-corrected chi connectivity index (χ1v) is 8.08. The molecular formula is C13H21NO2S. The fourth-order valence-corrected chi connectivity index (χ4v) is 2.02. The minimum absolute atomic E-state index is 0.171. The lowest BCUT2D eigenvalue weighted by atomic mass is 10.1. The van der Waals surface area contributed by atoms with Crippen molar-refractivity contribution in [1.29, 1.82) is 0 Å². The number of anilines is 1. The van der Waals surface area contributed by atoms with E-state index in [9.17, 15) is 8.42 Å². The zero-order chi connectivity index (χ0) is 12.7. The average Bonchev–Trinajstić information content (AvgIpc) is 2.26. The van der Waals surface area contributed by atoms with Gasteiger partial charge < -0.3 is 5.32 Å². The Morgan fingerprint density at radius 3 is 2.35 bits per heavy atom. The van der Waals surface area contributed by atoms with Gasteiger partial charge in [0.15, 0.2) is 0 Å². The minimum Gasteiger partial charge on any atom is -0.384 e. The molecule has 1 N–H and O–H groups in total. The van der Waals surface area contributed by atoms with E-state index in [1.54, 1.807) is 0 Å². The van der Waals surface area contributed by atoms with Crippen LogP contribution in [0.25, 0.3) is 0 Å². The van der Waals surface area contributed by atoms with Crippen molar-refractivity contribution >= 4 is 15.5 Å². The van der Waals surface area contributed by atoms with E-state index in [0.717, 1.165) is 12.1 Å². The summed E-state index contributed by atoms with van der Waals surface area (Å²) in [5, 5.41) is 3.11. The molecule has 1 rings (SSSR count). The lowest BCUT2D eigenvalue weighted by Gasteiger charge is -2.06. The second-order valence-electron chi connectivity index (χ2n) is 4.36. The highest BCUT2D eigenvalue weighted by Crippen LogP contribution is 2.11. The summed E-state index contributed by atoms with van der Waals surface area (Å²) in [4.78, 5) is 0. The van der Waals surface area contributed by atoms with E-state index < -0.39 is 9.84 Å². The predicted molar refractivity (Wildman–Crippen MR) is 73.3 cm³/mol. The van der Waals surface area contributed by atoms with Crippen molar-refractivity contribution in [3.63, 3.8) is 0 Å². The Kier molecular flexibility index (Phi) is 5.48. The van der Waals surface area contributed by atoms with Crippen LogP contribution in [0.15, 0.2) is 24.3 Å². The van der Waals surface area contributed by atoms with Crippen LogP contribution in [0.1, 0.15) is 25.3 Å². The number of unbranched alkanes of at least 4 members (excludes halogenated alkanes) is 1. The van der Waals surface area contributed by atoms with Gasteiger partial charge in [-0.2, -0.15) is 0 Å². The second kappa shape index (κ2) is 6.64. The van der Waals surface area contributed by atoms with Crippen molar-refractivity contribution in [3.8, 4) is 0 Å². The van der Waals surface area contributed by atoms with Crippen LogP contribution >= 0.6 is 0 Å². The molecule has 0 heterocycles. The minimum atomic E-state index is -2.88. The van der Waals surface area contributed by atoms with Crippen LogP contribution in [0.2, 0.25) is 0 Å². The van der Waals surface area contributed by atoms with Crippen molar-refractivity contribution in [3.05, 3.63) is 29.8 Å². The summed E-state index contributed by atoms with van der Waals surface area (Å²) in [7, 11) is -2.88. The Hall–Kier alpha value is -1.03. The smallest absolute Gasteiger partial charge is 0.149 e. The highest BCUT2D eigenvalue weighted by molar-refractivity contribution is 7.90. The number of rotatable bonds is 7. The maximum absolute atomic E-state index is 11.0. The lowest BCUT2D eigenvalue weighted by molar-refractivity contribution is 0.602. The summed E-state index contributed by atoms with van der Waals surface area (Å²) in [5.74, 6) is 0.171. The van der Waals surface area contributed by atoms with Gasteiger partial charge in [0.05, 0.1) is 5.75 Å². The summed E-state index contributed by atoms with van der Waals surface area (Å²) < 4.78 is 21.9. The lowest BCUT2D eigenvalue weighted by Crippen LogP contribution is -2.13. The summed E-state index contributed by atoms with van der Waals surface area (Å²) in [5.41, 5.74) is 2.31. The first kappa shape index (κ1) is 14.0. The number of nitrogens with one attached hydrogen (secondary N) is 1. The molecule has 0 atom stereocenters. The fourth-order valence-electron chi connectivity index (χ4n) is 1.55. The number of benzene rings is 1. The van der Waals surface area contributed by atoms with E-state index in [1.165, 1.54) is 24.7 Å². The van der Waals surface area contributed by atoms with Gasteiger partial charge >= 0.3 is 0 Å². The molecule has 0 amide bonds. The molecular weight excluding hydrogens is 234 g/mol. The molecule has 0 aliphatic rings. The molecule has 0 bridgehead atoms. The summed E-state index contributed by atoms with van der Waals surface area (Å²) in [6, 6.07) is 8.21. The first-order chi connectivity index (χ1) is 8.01. The zero-order valence-electron chi connectivity index (χ0n) is 10.6. The first-order valence-electron chi connectivity index (χ1n) is 6.02. The monoisotopic (exact) mass is 255 g/mol. The van der Waals surface area contributed by atoms with Gasteiger partial charge in [-0.15, -0.1) is 0 Å². The Labute approximate surface area is 104 Å². The third-order valence-electron chi connectivity index (χ3n) is 2.57. The maximum Gasteiger partial charge on any atom is 0.149 e. The van der Waals surface area contributed by atoms with E-state index in [0.29, 0.717) is 6.54 Å². The third kappa shape index (κ3) is 6.31. The molecule has 0 fully saturated rings. The van der Waals surface area contributed by atoms with E-state index in [4.69, 9.17) is 0 Å². The zero-order valence-corrected chi connectivity index (χ0v) is 11.4. The topological polar surface area (TPSA) is 46.2 Å². The van der Waals surface area contributed by atoms with Crippen LogP contribution in [0, 0.1) is 0 Å². The number of hydrogen-bond acceptors (Lipinski definition) is 3. The standard InChI is InChI=1S/C13H21NO2S/c1-3-4-5-12-6-8-13(9-7-12)14-10-11-17(2,15)16/h6-9,14H,3-5,10-11H2,1-2H3. The van der Waals surface area contributed by atoms with Gasteiger partial charge in [0.2, 0.25) is 0 Å². The van der Waals surface area contributed by atoms with Crippen molar-refractivity contribution in [2.24, 2.45) is 0 Å². The Morgan fingerprint density at radius 1 is 1.18 bits per heavy atom. The third-order valence-corrected chi connectivity index (χ3v) is 3.52. The van der Waals surface area contributed by atoms with E-state index >= 15 is 0 Å². The van der Waals surface area contributed by atoms with Crippen molar-refractivity contribution in [2.75, 3.05) is 23.9 Å². The summed E-state index contributed by atoms with van der Waals surface area (Å²) in [6.45, 7) is 2.65. The molecule has 96 valence electrons. The van der Waals surface area contributed by atoms with E-state index in [2.05, 4.69) is 24.4 Å². The molecule has 17 heavy (non-hydrogen) atoms. The molecule has 0 spiro atoms. The van der Waals surface area contributed by atoms with Crippen LogP contribution in [0.3, 0.4) is 0 Å². The van der Waals surface area contributed by atoms with Gasteiger partial charge in [-0.3, -0.25) is 0 Å². The quantitative estimate of drug-likeness (QED) is 0.814. The molecule has 0 saturated heterocycles. The van der Waals surface area contributed by atoms with Crippen molar-refractivity contribution in [2.45, 2.75) is 26.2 Å². The van der Waals surface area contributed by atoms with Gasteiger partial charge in [0.25, 0.3) is 0 Å². The van der Waals surface area contributed by atoms with Gasteiger partial charge in [0, 0.05) is 18.5 Å². The van der Waals surface area contributed by atoms with E-state index in [-0.39, 0.29) is 5.75 Å². The Bertz CT molecular complexity index is 423. The van der Waals surface area contributed by atoms with Crippen LogP contribution in [-0.4, -0.2) is 27.0 Å². The fraction of sp³-hybridized carbons (Fsp3) is 0.538. The molecule has 0 aliphatic heterocycles. The number of aryl methyl sites for hydroxylation is 1. The van der Waals surface area contributed by atoms with Gasteiger partial charge in [0.1, 0.15) is 9.84 Å². The Morgan fingerprint density at radius 2 is 1.82 bits per heavy atom. The highest BCUT2D eigenvalue weighted by Gasteiger charge is 2.01. The molecule has 4 heteroatoms. The molecule has 1 aromatic carbocycles. The van der Waals surface area contributed by atoms with Crippen molar-refractivity contribution < 1.29 is 8.42 Å². The molecule has 0 unspecified atom stereocenters. The largest absolute Gasteiger partial charge is 0.384 e. The van der Waals surface area contributed by atoms with E-state index in [1.807, 2.05) is 12.1 Å². The molecule has 0 aliphatic carbocycles. The van der Waals surface area contributed by atoms with Gasteiger partial charge in [-0.05, 0) is 30.5 Å². The molecule has 0 saturated carbocycles. The number of hydrogen-bond donors (Lipinski definition) is 1.